The van der Waals surface area contributed by atoms with Crippen LogP contribution in [-0.4, -0.2) is 53.8 Å². The summed E-state index contributed by atoms with van der Waals surface area (Å²) < 4.78 is 18.0. The molecule has 0 radical (unpaired) electrons. The maximum atomic E-state index is 9.97. The average Bonchev–Trinajstić information content (AvgIpc) is 2.65. The molecule has 0 aromatic heterocycles. The van der Waals surface area contributed by atoms with Crippen molar-refractivity contribution in [3.63, 3.8) is 0 Å². The first-order valence-electron chi connectivity index (χ1n) is 9.95. The normalized spacial score (nSPS) is 11.8. The first kappa shape index (κ1) is 24.1. The van der Waals surface area contributed by atoms with Crippen molar-refractivity contribution >= 4 is 26.6 Å². The van der Waals surface area contributed by atoms with Crippen molar-refractivity contribution in [2.75, 3.05) is 33.2 Å². The molecule has 164 valence electrons. The molecule has 0 aliphatic heterocycles. The van der Waals surface area contributed by atoms with Gasteiger partial charge in [-0.15, -0.1) is 0 Å². The predicted molar refractivity (Wildman–Crippen MR) is 127 cm³/mol. The molecule has 2 N–H and O–H groups in total. The third kappa shape index (κ3) is 4.77. The van der Waals surface area contributed by atoms with Gasteiger partial charge >= 0.3 is 7.12 Å². The fourth-order valence-corrected chi connectivity index (χ4v) is 3.92. The van der Waals surface area contributed by atoms with Crippen LogP contribution in [0.2, 0.25) is 18.1 Å². The Balaban J connectivity index is 2.84. The van der Waals surface area contributed by atoms with Crippen molar-refractivity contribution < 1.29 is 23.9 Å². The van der Waals surface area contributed by atoms with E-state index < -0.39 is 15.4 Å². The van der Waals surface area contributed by atoms with E-state index in [-0.39, 0.29) is 10.5 Å². The number of rotatable bonds is 7. The van der Waals surface area contributed by atoms with Gasteiger partial charge in [0.2, 0.25) is 0 Å². The van der Waals surface area contributed by atoms with Crippen LogP contribution in [0.25, 0.3) is 11.1 Å². The second-order valence-electron chi connectivity index (χ2n) is 9.08. The molecule has 0 aliphatic carbocycles. The molecule has 0 atom stereocenters. The highest BCUT2D eigenvalue weighted by molar-refractivity contribution is 6.75. The van der Waals surface area contributed by atoms with Gasteiger partial charge in [0.15, 0.2) is 11.5 Å². The van der Waals surface area contributed by atoms with E-state index in [1.54, 1.807) is 13.2 Å². The van der Waals surface area contributed by atoms with Crippen molar-refractivity contribution in [2.45, 2.75) is 38.9 Å². The van der Waals surface area contributed by atoms with Crippen LogP contribution in [-0.2, 0) is 0 Å². The molecule has 2 rings (SSSR count). The van der Waals surface area contributed by atoms with E-state index in [9.17, 15) is 10.0 Å². The summed E-state index contributed by atoms with van der Waals surface area (Å²) in [4.78, 5) is 2.03. The molecule has 0 unspecified atom stereocenters. The Morgan fingerprint density at radius 1 is 0.933 bits per heavy atom. The Morgan fingerprint density at radius 2 is 1.50 bits per heavy atom. The maximum absolute atomic E-state index is 9.97. The number of hydrogen-bond donors (Lipinski definition) is 2. The molecule has 6 nitrogen and oxygen atoms in total. The molecule has 2 aromatic rings. The summed E-state index contributed by atoms with van der Waals surface area (Å²) in [5.74, 6) is 1.27. The first-order valence-corrected chi connectivity index (χ1v) is 12.9. The highest BCUT2D eigenvalue weighted by atomic mass is 28.4. The van der Waals surface area contributed by atoms with Gasteiger partial charge < -0.3 is 28.8 Å². The molecule has 0 spiro atoms. The molecule has 0 fully saturated rings. The van der Waals surface area contributed by atoms with Crippen LogP contribution in [0.5, 0.6) is 17.2 Å². The van der Waals surface area contributed by atoms with Gasteiger partial charge in [-0.25, -0.2) is 0 Å². The van der Waals surface area contributed by atoms with E-state index in [0.29, 0.717) is 17.2 Å². The van der Waals surface area contributed by atoms with Crippen molar-refractivity contribution in [2.24, 2.45) is 0 Å². The number of nitrogens with zero attached hydrogens (tertiary/aromatic N) is 1. The van der Waals surface area contributed by atoms with E-state index in [2.05, 4.69) is 33.9 Å². The van der Waals surface area contributed by atoms with Crippen LogP contribution in [0.15, 0.2) is 30.3 Å². The topological polar surface area (TPSA) is 71.4 Å². The van der Waals surface area contributed by atoms with Crippen LogP contribution < -0.4 is 24.3 Å². The summed E-state index contributed by atoms with van der Waals surface area (Å²) >= 11 is 0. The Hall–Kier alpha value is -2.16. The average molecular weight is 431 g/mol. The van der Waals surface area contributed by atoms with Gasteiger partial charge in [-0.3, -0.25) is 0 Å². The number of benzene rings is 2. The van der Waals surface area contributed by atoms with E-state index in [0.717, 1.165) is 16.8 Å². The lowest BCUT2D eigenvalue weighted by Gasteiger charge is -2.38. The molecule has 0 bridgehead atoms. The minimum absolute atomic E-state index is 0.0644. The van der Waals surface area contributed by atoms with E-state index in [1.165, 1.54) is 7.11 Å². The molecular weight excluding hydrogens is 397 g/mol. The highest BCUT2D eigenvalue weighted by Gasteiger charge is 2.41. The van der Waals surface area contributed by atoms with Gasteiger partial charge in [0, 0.05) is 25.2 Å². The first-order chi connectivity index (χ1) is 13.8. The zero-order valence-corrected chi connectivity index (χ0v) is 20.5. The lowest BCUT2D eigenvalue weighted by atomic mass is 9.78. The second-order valence-corrected chi connectivity index (χ2v) is 13.8. The van der Waals surface area contributed by atoms with Crippen LogP contribution in [0.3, 0.4) is 0 Å². The van der Waals surface area contributed by atoms with Crippen molar-refractivity contribution in [3.8, 4) is 28.4 Å². The number of hydrogen-bond acceptors (Lipinski definition) is 6. The van der Waals surface area contributed by atoms with E-state index in [4.69, 9.17) is 13.9 Å². The number of methoxy groups -OCH3 is 2. The van der Waals surface area contributed by atoms with Gasteiger partial charge in [-0.2, -0.15) is 0 Å². The molecule has 0 saturated heterocycles. The van der Waals surface area contributed by atoms with E-state index in [1.807, 2.05) is 43.3 Å². The van der Waals surface area contributed by atoms with Crippen LogP contribution in [0.4, 0.5) is 5.69 Å². The molecule has 0 amide bonds. The Morgan fingerprint density at radius 3 is 1.90 bits per heavy atom. The fourth-order valence-electron chi connectivity index (χ4n) is 2.90. The van der Waals surface area contributed by atoms with Crippen LogP contribution >= 0.6 is 0 Å². The van der Waals surface area contributed by atoms with Crippen molar-refractivity contribution in [1.82, 2.24) is 0 Å². The Kier molecular flexibility index (Phi) is 7.17. The lowest BCUT2D eigenvalue weighted by Crippen LogP contribution is -2.44. The van der Waals surface area contributed by atoms with Gasteiger partial charge in [-0.1, -0.05) is 32.9 Å². The third-order valence-corrected chi connectivity index (χ3v) is 10.1. The zero-order chi connectivity index (χ0) is 22.9. The standard InChI is InChI=1S/C22H34BNO5Si/c1-22(2,3)30(8,9)29-21-19(15-10-12-16(13-11-15)24(4)5)18(27-6)14-17(23(25)26)20(21)28-7/h10-14,25-26H,1-9H3. The summed E-state index contributed by atoms with van der Waals surface area (Å²) in [5.41, 5.74) is 2.90. The maximum Gasteiger partial charge on any atom is 0.492 e. The molecular formula is C22H34BNO5Si. The predicted octanol–water partition coefficient (Wildman–Crippen LogP) is 3.50. The molecule has 0 aliphatic rings. The van der Waals surface area contributed by atoms with Gasteiger partial charge in [0.05, 0.1) is 19.8 Å². The quantitative estimate of drug-likeness (QED) is 0.654. The second kappa shape index (κ2) is 8.91. The van der Waals surface area contributed by atoms with Crippen molar-refractivity contribution in [1.29, 1.82) is 0 Å². The smallest absolute Gasteiger partial charge is 0.492 e. The van der Waals surface area contributed by atoms with Crippen molar-refractivity contribution in [3.05, 3.63) is 30.3 Å². The Labute approximate surface area is 181 Å². The summed E-state index contributed by atoms with van der Waals surface area (Å²) in [5, 5.41) is 19.9. The molecule has 30 heavy (non-hydrogen) atoms. The largest absolute Gasteiger partial charge is 0.541 e. The third-order valence-electron chi connectivity index (χ3n) is 5.77. The number of anilines is 1. The molecule has 0 heterocycles. The monoisotopic (exact) mass is 431 g/mol. The van der Waals surface area contributed by atoms with Gasteiger partial charge in [0.25, 0.3) is 8.32 Å². The zero-order valence-electron chi connectivity index (χ0n) is 19.5. The molecule has 8 heteroatoms. The van der Waals surface area contributed by atoms with Crippen LogP contribution in [0, 0.1) is 0 Å². The fraction of sp³-hybridized carbons (Fsp3) is 0.455. The molecule has 0 saturated carbocycles. The SMILES string of the molecule is COc1cc(B(O)O)c(OC)c(O[Si](C)(C)C(C)(C)C)c1-c1ccc(N(C)C)cc1. The highest BCUT2D eigenvalue weighted by Crippen LogP contribution is 2.48. The van der Waals surface area contributed by atoms with E-state index >= 15 is 0 Å². The van der Waals surface area contributed by atoms with Gasteiger partial charge in [-0.05, 0) is 41.9 Å². The van der Waals surface area contributed by atoms with Crippen LogP contribution in [0.1, 0.15) is 20.8 Å². The Bertz CT molecular complexity index is 877. The summed E-state index contributed by atoms with van der Waals surface area (Å²) in [6, 6.07) is 9.63. The number of ether oxygens (including phenoxy) is 2. The minimum Gasteiger partial charge on any atom is -0.541 e. The minimum atomic E-state index is -2.29. The lowest BCUT2D eigenvalue weighted by molar-refractivity contribution is 0.375. The molecule has 2 aromatic carbocycles. The summed E-state index contributed by atoms with van der Waals surface area (Å²) in [6.45, 7) is 10.7. The summed E-state index contributed by atoms with van der Waals surface area (Å²) in [7, 11) is 3.03. The summed E-state index contributed by atoms with van der Waals surface area (Å²) in [6.07, 6.45) is 0. The van der Waals surface area contributed by atoms with Gasteiger partial charge in [0.1, 0.15) is 5.75 Å².